The van der Waals surface area contributed by atoms with Crippen molar-refractivity contribution in [3.8, 4) is 0 Å². The van der Waals surface area contributed by atoms with E-state index < -0.39 is 0 Å². The third-order valence-electron chi connectivity index (χ3n) is 2.88. The molecule has 0 aromatic heterocycles. The van der Waals surface area contributed by atoms with Crippen LogP contribution in [0.25, 0.3) is 0 Å². The molecule has 20 heavy (non-hydrogen) atoms. The Hall–Kier alpha value is -0.470. The maximum absolute atomic E-state index is 11.5. The minimum absolute atomic E-state index is 0.0921. The van der Waals surface area contributed by atoms with E-state index in [-0.39, 0.29) is 22.3 Å². The van der Waals surface area contributed by atoms with Crippen LogP contribution >= 0.6 is 9.24 Å². The third-order valence-corrected chi connectivity index (χ3v) is 3.08. The predicted molar refractivity (Wildman–Crippen MR) is 85.6 cm³/mol. The van der Waals surface area contributed by atoms with Gasteiger partial charge in [0.25, 0.3) is 0 Å². The third kappa shape index (κ3) is 10.3. The molecular weight excluding hydrogens is 273 g/mol. The Morgan fingerprint density at radius 3 is 2.15 bits per heavy atom. The Morgan fingerprint density at radius 1 is 1.10 bits per heavy atom. The van der Waals surface area contributed by atoms with Crippen molar-refractivity contribution >= 4 is 20.7 Å². The lowest BCUT2D eigenvalue weighted by molar-refractivity contribution is -0.122. The monoisotopic (exact) mass is 303 g/mol. The molecule has 1 amide bonds. The van der Waals surface area contributed by atoms with E-state index in [1.807, 2.05) is 20.8 Å². The van der Waals surface area contributed by atoms with Gasteiger partial charge in [-0.25, -0.2) is 0 Å². The molecule has 0 saturated carbocycles. The molecule has 4 nitrogen and oxygen atoms in total. The number of rotatable bonds is 10. The number of hydrogen-bond donors (Lipinski definition) is 1. The Labute approximate surface area is 125 Å². The summed E-state index contributed by atoms with van der Waals surface area (Å²) >= 11 is 0. The van der Waals surface area contributed by atoms with Gasteiger partial charge in [0.2, 0.25) is 5.91 Å². The first kappa shape index (κ1) is 19.5. The van der Waals surface area contributed by atoms with Crippen molar-refractivity contribution in [3.05, 3.63) is 0 Å². The smallest absolute Gasteiger partial charge is 0.220 e. The summed E-state index contributed by atoms with van der Waals surface area (Å²) in [6, 6.07) is 0. The number of carbonyl (C=O) groups excluding carboxylic acids is 2. The van der Waals surface area contributed by atoms with Crippen LogP contribution in [-0.4, -0.2) is 31.2 Å². The Morgan fingerprint density at radius 2 is 1.65 bits per heavy atom. The van der Waals surface area contributed by atoms with Crippen molar-refractivity contribution in [1.29, 1.82) is 0 Å². The lowest BCUT2D eigenvalue weighted by Gasteiger charge is -2.28. The Bertz CT molecular complexity index is 327. The van der Waals surface area contributed by atoms with Crippen LogP contribution in [0.3, 0.4) is 0 Å². The van der Waals surface area contributed by atoms with Crippen LogP contribution < -0.4 is 5.32 Å². The first-order chi connectivity index (χ1) is 9.08. The van der Waals surface area contributed by atoms with Crippen LogP contribution in [-0.2, 0) is 14.3 Å². The van der Waals surface area contributed by atoms with Crippen molar-refractivity contribution < 1.29 is 14.3 Å². The van der Waals surface area contributed by atoms with Gasteiger partial charge in [-0.3, -0.25) is 9.59 Å². The summed E-state index contributed by atoms with van der Waals surface area (Å²) in [5, 5.41) is 2.93. The second-order valence-electron chi connectivity index (χ2n) is 6.99. The average Bonchev–Trinajstić information content (AvgIpc) is 2.24. The molecule has 1 unspecified atom stereocenters. The first-order valence-corrected chi connectivity index (χ1v) is 7.78. The summed E-state index contributed by atoms with van der Waals surface area (Å²) in [5.41, 5.74) is -0.158. The van der Waals surface area contributed by atoms with E-state index in [0.29, 0.717) is 32.6 Å². The van der Waals surface area contributed by atoms with E-state index in [2.05, 4.69) is 28.4 Å². The topological polar surface area (TPSA) is 55.4 Å². The summed E-state index contributed by atoms with van der Waals surface area (Å²) in [7, 11) is 2.21. The van der Waals surface area contributed by atoms with Gasteiger partial charge < -0.3 is 10.1 Å². The van der Waals surface area contributed by atoms with Crippen LogP contribution in [0.1, 0.15) is 53.9 Å². The highest BCUT2D eigenvalue weighted by Gasteiger charge is 2.24. The molecule has 0 fully saturated rings. The second kappa shape index (κ2) is 8.74. The number of carbonyl (C=O) groups is 2. The molecule has 0 heterocycles. The van der Waals surface area contributed by atoms with Crippen LogP contribution in [0.4, 0.5) is 0 Å². The molecule has 1 N–H and O–H groups in total. The maximum atomic E-state index is 11.5. The van der Waals surface area contributed by atoms with Gasteiger partial charge in [-0.2, -0.15) is 0 Å². The fraction of sp³-hybridized carbons (Fsp3) is 0.867. The van der Waals surface area contributed by atoms with Crippen LogP contribution in [0.2, 0.25) is 0 Å². The van der Waals surface area contributed by atoms with Crippen LogP contribution in [0.15, 0.2) is 0 Å². The molecule has 0 aromatic rings. The van der Waals surface area contributed by atoms with Gasteiger partial charge in [0.1, 0.15) is 5.52 Å². The van der Waals surface area contributed by atoms with E-state index >= 15 is 0 Å². The Kier molecular flexibility index (Phi) is 8.53. The molecule has 0 radical (unpaired) electrons. The fourth-order valence-corrected chi connectivity index (χ4v) is 2.38. The highest BCUT2D eigenvalue weighted by atomic mass is 31.0. The summed E-state index contributed by atoms with van der Waals surface area (Å²) < 4.78 is 5.74. The van der Waals surface area contributed by atoms with Gasteiger partial charge in [-0.05, 0) is 11.8 Å². The zero-order valence-electron chi connectivity index (χ0n) is 13.5. The number of ether oxygens (including phenoxy) is 1. The lowest BCUT2D eigenvalue weighted by atomic mass is 9.90. The van der Waals surface area contributed by atoms with Gasteiger partial charge in [-0.1, -0.05) is 43.9 Å². The standard InChI is InChI=1S/C15H30NO3P/c1-6-7-12(17)16-9-15(4,5)11-19-10-14(2,3)8-13(18)20/h6-11,20H2,1-5H3,(H,16,17). The number of nitrogens with one attached hydrogen (secondary N) is 1. The van der Waals surface area contributed by atoms with Crippen LogP contribution in [0, 0.1) is 10.8 Å². The summed E-state index contributed by atoms with van der Waals surface area (Å²) in [4.78, 5) is 22.6. The largest absolute Gasteiger partial charge is 0.380 e. The van der Waals surface area contributed by atoms with Crippen molar-refractivity contribution in [1.82, 2.24) is 5.32 Å². The molecule has 5 heteroatoms. The normalized spacial score (nSPS) is 12.3. The molecule has 0 rings (SSSR count). The fourth-order valence-electron chi connectivity index (χ4n) is 1.83. The molecule has 0 aliphatic carbocycles. The van der Waals surface area contributed by atoms with Crippen molar-refractivity contribution in [2.45, 2.75) is 53.9 Å². The molecule has 0 aliphatic heterocycles. The summed E-state index contributed by atoms with van der Waals surface area (Å²) in [5.74, 6) is 0.0921. The molecule has 0 aliphatic rings. The quantitative estimate of drug-likeness (QED) is 0.631. The zero-order chi connectivity index (χ0) is 15.8. The predicted octanol–water partition coefficient (Wildman–Crippen LogP) is 2.76. The molecular formula is C15H30NO3P. The molecule has 0 saturated heterocycles. The van der Waals surface area contributed by atoms with Gasteiger partial charge in [0.05, 0.1) is 13.2 Å². The average molecular weight is 303 g/mol. The zero-order valence-corrected chi connectivity index (χ0v) is 14.7. The van der Waals surface area contributed by atoms with E-state index in [9.17, 15) is 9.59 Å². The highest BCUT2D eigenvalue weighted by molar-refractivity contribution is 7.40. The molecule has 0 spiro atoms. The van der Waals surface area contributed by atoms with Gasteiger partial charge in [0, 0.05) is 24.8 Å². The van der Waals surface area contributed by atoms with Gasteiger partial charge in [-0.15, -0.1) is 0 Å². The maximum Gasteiger partial charge on any atom is 0.220 e. The lowest BCUT2D eigenvalue weighted by Crippen LogP contribution is -2.37. The van der Waals surface area contributed by atoms with Crippen molar-refractivity contribution in [2.24, 2.45) is 10.8 Å². The SMILES string of the molecule is CCCC(=O)NCC(C)(C)COCC(C)(C)CC(=O)P. The van der Waals surface area contributed by atoms with E-state index in [1.165, 1.54) is 0 Å². The number of hydrogen-bond acceptors (Lipinski definition) is 3. The van der Waals surface area contributed by atoms with E-state index in [4.69, 9.17) is 4.74 Å². The first-order valence-electron chi connectivity index (χ1n) is 7.21. The highest BCUT2D eigenvalue weighted by Crippen LogP contribution is 2.24. The van der Waals surface area contributed by atoms with Crippen molar-refractivity contribution in [2.75, 3.05) is 19.8 Å². The summed E-state index contributed by atoms with van der Waals surface area (Å²) in [6.07, 6.45) is 1.92. The van der Waals surface area contributed by atoms with Crippen molar-refractivity contribution in [3.63, 3.8) is 0 Å². The van der Waals surface area contributed by atoms with Crippen LogP contribution in [0.5, 0.6) is 0 Å². The van der Waals surface area contributed by atoms with Gasteiger partial charge in [0.15, 0.2) is 0 Å². The molecule has 118 valence electrons. The van der Waals surface area contributed by atoms with E-state index in [0.717, 1.165) is 6.42 Å². The number of amides is 1. The van der Waals surface area contributed by atoms with E-state index in [1.54, 1.807) is 0 Å². The molecule has 1 atom stereocenters. The molecule has 0 aromatic carbocycles. The molecule has 0 bridgehead atoms. The Balaban J connectivity index is 4.03. The minimum Gasteiger partial charge on any atom is -0.380 e. The second-order valence-corrected chi connectivity index (χ2v) is 7.63. The van der Waals surface area contributed by atoms with Gasteiger partial charge >= 0.3 is 0 Å². The summed E-state index contributed by atoms with van der Waals surface area (Å²) in [6.45, 7) is 11.9. The minimum atomic E-state index is -0.152.